The average molecular weight is 368 g/mol. The molecule has 1 aromatic heterocycles. The number of benzene rings is 1. The molecule has 1 saturated heterocycles. The summed E-state index contributed by atoms with van der Waals surface area (Å²) in [5.41, 5.74) is 1.20. The molecular weight excluding hydrogens is 351 g/mol. The van der Waals surface area contributed by atoms with E-state index in [1.807, 2.05) is 6.20 Å². The van der Waals surface area contributed by atoms with Crippen LogP contribution in [0.5, 0.6) is 0 Å². The first-order chi connectivity index (χ1) is 9.33. The molecule has 0 aliphatic carbocycles. The minimum absolute atomic E-state index is 0.712. The first-order valence-corrected chi connectivity index (χ1v) is 7.75. The van der Waals surface area contributed by atoms with Crippen LogP contribution in [0.1, 0.15) is 12.8 Å². The zero-order valence-electron chi connectivity index (χ0n) is 10.8. The molecule has 100 valence electrons. The molecule has 1 aliphatic rings. The molecule has 0 atom stereocenters. The van der Waals surface area contributed by atoms with Crippen LogP contribution in [0.3, 0.4) is 0 Å². The molecule has 0 N–H and O–H groups in total. The van der Waals surface area contributed by atoms with Gasteiger partial charge in [0.2, 0.25) is 0 Å². The van der Waals surface area contributed by atoms with E-state index in [2.05, 4.69) is 62.6 Å². The van der Waals surface area contributed by atoms with Gasteiger partial charge < -0.3 is 9.30 Å². The third kappa shape index (κ3) is 3.17. The molecule has 3 rings (SSSR count). The van der Waals surface area contributed by atoms with Crippen molar-refractivity contribution in [2.24, 2.45) is 5.92 Å². The number of halogens is 1. The van der Waals surface area contributed by atoms with E-state index in [1.54, 1.807) is 0 Å². The molecule has 2 aromatic rings. The van der Waals surface area contributed by atoms with Gasteiger partial charge in [-0.1, -0.05) is 12.1 Å². The molecule has 0 unspecified atom stereocenters. The number of rotatable bonds is 3. The zero-order valence-corrected chi connectivity index (χ0v) is 12.9. The maximum absolute atomic E-state index is 5.42. The maximum atomic E-state index is 5.42. The molecule has 0 saturated carbocycles. The van der Waals surface area contributed by atoms with Gasteiger partial charge in [-0.15, -0.1) is 0 Å². The van der Waals surface area contributed by atoms with Gasteiger partial charge >= 0.3 is 0 Å². The monoisotopic (exact) mass is 368 g/mol. The van der Waals surface area contributed by atoms with Gasteiger partial charge in [-0.05, 0) is 53.5 Å². The van der Waals surface area contributed by atoms with E-state index in [0.29, 0.717) is 5.92 Å². The van der Waals surface area contributed by atoms with Gasteiger partial charge in [-0.2, -0.15) is 0 Å². The Morgan fingerprint density at radius 1 is 1.32 bits per heavy atom. The lowest BCUT2D eigenvalue weighted by atomic mass is 10.0. The highest BCUT2D eigenvalue weighted by Crippen LogP contribution is 2.23. The molecule has 2 heterocycles. The van der Waals surface area contributed by atoms with E-state index >= 15 is 0 Å². The Kier molecular flexibility index (Phi) is 4.18. The van der Waals surface area contributed by atoms with E-state index in [9.17, 15) is 0 Å². The molecule has 1 aliphatic heterocycles. The fraction of sp³-hybridized carbons (Fsp3) is 0.400. The summed E-state index contributed by atoms with van der Waals surface area (Å²) >= 11 is 2.34. The fourth-order valence-corrected chi connectivity index (χ4v) is 3.09. The summed E-state index contributed by atoms with van der Waals surface area (Å²) in [5.74, 6) is 1.79. The van der Waals surface area contributed by atoms with Crippen molar-refractivity contribution in [1.82, 2.24) is 9.55 Å². The van der Waals surface area contributed by atoms with Crippen LogP contribution in [0.2, 0.25) is 0 Å². The third-order valence-electron chi connectivity index (χ3n) is 3.59. The van der Waals surface area contributed by atoms with Crippen LogP contribution in [0.4, 0.5) is 0 Å². The number of aromatic nitrogens is 2. The second-order valence-corrected chi connectivity index (χ2v) is 6.21. The number of hydrogen-bond acceptors (Lipinski definition) is 2. The van der Waals surface area contributed by atoms with E-state index in [4.69, 9.17) is 4.74 Å². The van der Waals surface area contributed by atoms with Crippen LogP contribution in [-0.4, -0.2) is 22.8 Å². The Labute approximate surface area is 127 Å². The Bertz CT molecular complexity index is 547. The van der Waals surface area contributed by atoms with Crippen molar-refractivity contribution in [3.63, 3.8) is 0 Å². The predicted octanol–water partition coefficient (Wildman–Crippen LogP) is 3.58. The van der Waals surface area contributed by atoms with Crippen molar-refractivity contribution in [1.29, 1.82) is 0 Å². The van der Waals surface area contributed by atoms with Crippen molar-refractivity contribution >= 4 is 22.6 Å². The number of imidazole rings is 1. The molecule has 3 nitrogen and oxygen atoms in total. The van der Waals surface area contributed by atoms with Gasteiger partial charge in [-0.25, -0.2) is 4.98 Å². The van der Waals surface area contributed by atoms with Crippen molar-refractivity contribution in [2.45, 2.75) is 19.4 Å². The molecule has 4 heteroatoms. The molecule has 19 heavy (non-hydrogen) atoms. The topological polar surface area (TPSA) is 27.1 Å². The standard InChI is InChI=1S/C15H17IN2O/c16-14-3-1-2-13(10-14)15-17-6-7-18(15)11-12-4-8-19-9-5-12/h1-3,6-7,10,12H,4-5,8-9,11H2. The second kappa shape index (κ2) is 6.05. The van der Waals surface area contributed by atoms with Crippen LogP contribution in [0.25, 0.3) is 11.4 Å². The molecule has 1 fully saturated rings. The number of nitrogens with zero attached hydrogens (tertiary/aromatic N) is 2. The van der Waals surface area contributed by atoms with Gasteiger partial charge in [-0.3, -0.25) is 0 Å². The molecule has 0 spiro atoms. The van der Waals surface area contributed by atoms with Crippen LogP contribution < -0.4 is 0 Å². The maximum Gasteiger partial charge on any atom is 0.139 e. The first kappa shape index (κ1) is 13.1. The summed E-state index contributed by atoms with van der Waals surface area (Å²) in [6.45, 7) is 2.85. The highest BCUT2D eigenvalue weighted by atomic mass is 127. The zero-order chi connectivity index (χ0) is 13.1. The minimum Gasteiger partial charge on any atom is -0.381 e. The van der Waals surface area contributed by atoms with Crippen LogP contribution in [-0.2, 0) is 11.3 Å². The number of hydrogen-bond donors (Lipinski definition) is 0. The van der Waals surface area contributed by atoms with Crippen LogP contribution in [0, 0.1) is 9.49 Å². The summed E-state index contributed by atoms with van der Waals surface area (Å²) in [7, 11) is 0. The minimum atomic E-state index is 0.712. The highest BCUT2D eigenvalue weighted by molar-refractivity contribution is 14.1. The van der Waals surface area contributed by atoms with Gasteiger partial charge in [0.25, 0.3) is 0 Å². The van der Waals surface area contributed by atoms with E-state index < -0.39 is 0 Å². The summed E-state index contributed by atoms with van der Waals surface area (Å²) in [6.07, 6.45) is 6.30. The molecule has 1 aromatic carbocycles. The normalized spacial score (nSPS) is 16.7. The lowest BCUT2D eigenvalue weighted by molar-refractivity contribution is 0.0614. The second-order valence-electron chi connectivity index (χ2n) is 4.97. The van der Waals surface area contributed by atoms with Gasteiger partial charge in [0.15, 0.2) is 0 Å². The average Bonchev–Trinajstić information content (AvgIpc) is 2.88. The highest BCUT2D eigenvalue weighted by Gasteiger charge is 2.16. The van der Waals surface area contributed by atoms with Crippen molar-refractivity contribution < 1.29 is 4.74 Å². The Balaban J connectivity index is 1.81. The van der Waals surface area contributed by atoms with Crippen LogP contribution in [0.15, 0.2) is 36.7 Å². The van der Waals surface area contributed by atoms with E-state index in [0.717, 1.165) is 38.4 Å². The summed E-state index contributed by atoms with van der Waals surface area (Å²) in [5, 5.41) is 0. The van der Waals surface area contributed by atoms with E-state index in [1.165, 1.54) is 9.13 Å². The molecular formula is C15H17IN2O. The van der Waals surface area contributed by atoms with E-state index in [-0.39, 0.29) is 0 Å². The molecule has 0 bridgehead atoms. The van der Waals surface area contributed by atoms with Gasteiger partial charge in [0.1, 0.15) is 5.82 Å². The third-order valence-corrected chi connectivity index (χ3v) is 4.27. The lowest BCUT2D eigenvalue weighted by Crippen LogP contribution is -2.20. The molecule has 0 radical (unpaired) electrons. The molecule has 0 amide bonds. The Morgan fingerprint density at radius 3 is 2.95 bits per heavy atom. The first-order valence-electron chi connectivity index (χ1n) is 6.68. The summed E-state index contributed by atoms with van der Waals surface area (Å²) in [4.78, 5) is 4.52. The SMILES string of the molecule is Ic1cccc(-c2nccn2CC2CCOCC2)c1. The van der Waals surface area contributed by atoms with Gasteiger partial charge in [0.05, 0.1) is 0 Å². The fourth-order valence-electron chi connectivity index (χ4n) is 2.55. The van der Waals surface area contributed by atoms with Crippen molar-refractivity contribution in [2.75, 3.05) is 13.2 Å². The van der Waals surface area contributed by atoms with Crippen LogP contribution >= 0.6 is 22.6 Å². The lowest BCUT2D eigenvalue weighted by Gasteiger charge is -2.23. The Morgan fingerprint density at radius 2 is 2.16 bits per heavy atom. The summed E-state index contributed by atoms with van der Waals surface area (Å²) in [6, 6.07) is 8.51. The quantitative estimate of drug-likeness (QED) is 0.775. The Hall–Kier alpha value is -0.880. The predicted molar refractivity (Wildman–Crippen MR) is 83.9 cm³/mol. The van der Waals surface area contributed by atoms with Crippen molar-refractivity contribution in [3.05, 3.63) is 40.2 Å². The largest absolute Gasteiger partial charge is 0.381 e. The van der Waals surface area contributed by atoms with Crippen molar-refractivity contribution in [3.8, 4) is 11.4 Å². The summed E-state index contributed by atoms with van der Waals surface area (Å²) < 4.78 is 8.95. The number of ether oxygens (including phenoxy) is 1. The van der Waals surface area contributed by atoms with Gasteiger partial charge in [0, 0.05) is 41.3 Å². The smallest absolute Gasteiger partial charge is 0.139 e.